The summed E-state index contributed by atoms with van der Waals surface area (Å²) in [6.45, 7) is 1.94. The Bertz CT molecular complexity index is 1080. The molecule has 3 rings (SSSR count). The summed E-state index contributed by atoms with van der Waals surface area (Å²) in [4.78, 5) is 12.0. The number of benzene rings is 2. The van der Waals surface area contributed by atoms with E-state index in [1.165, 1.54) is 18.3 Å². The molecule has 27 heavy (non-hydrogen) atoms. The number of aryl methyl sites for hydroxylation is 1. The van der Waals surface area contributed by atoms with Gasteiger partial charge in [0.25, 0.3) is 5.91 Å². The standard InChI is InChI=1S/C20H13ClFN3O2/c1-12-2-4-14(21)9-17(12)19-7-5-15(27-19)11-24-25-20(26)16-6-3-13(10-23)8-18(16)22/h2-9,11H,1H3,(H,25,26). The van der Waals surface area contributed by atoms with E-state index in [1.54, 1.807) is 30.3 Å². The highest BCUT2D eigenvalue weighted by molar-refractivity contribution is 6.30. The molecule has 0 aliphatic rings. The number of amides is 1. The van der Waals surface area contributed by atoms with Crippen LogP contribution in [0.25, 0.3) is 11.3 Å². The summed E-state index contributed by atoms with van der Waals surface area (Å²) < 4.78 is 19.5. The molecule has 0 bridgehead atoms. The van der Waals surface area contributed by atoms with Gasteiger partial charge in [0, 0.05) is 10.6 Å². The highest BCUT2D eigenvalue weighted by atomic mass is 35.5. The van der Waals surface area contributed by atoms with Crippen molar-refractivity contribution in [2.45, 2.75) is 6.92 Å². The van der Waals surface area contributed by atoms with Crippen molar-refractivity contribution in [3.63, 3.8) is 0 Å². The molecule has 134 valence electrons. The Morgan fingerprint density at radius 3 is 2.81 bits per heavy atom. The summed E-state index contributed by atoms with van der Waals surface area (Å²) in [5.74, 6) is -0.505. The monoisotopic (exact) mass is 381 g/mol. The van der Waals surface area contributed by atoms with Gasteiger partial charge in [0.1, 0.15) is 17.3 Å². The Labute approximate surface area is 159 Å². The molecule has 1 amide bonds. The van der Waals surface area contributed by atoms with Gasteiger partial charge in [0.15, 0.2) is 0 Å². The Hall–Kier alpha value is -3.43. The SMILES string of the molecule is Cc1ccc(Cl)cc1-c1ccc(C=NNC(=O)c2ccc(C#N)cc2F)o1. The summed E-state index contributed by atoms with van der Waals surface area (Å²) >= 11 is 6.02. The number of nitrogens with zero attached hydrogens (tertiary/aromatic N) is 2. The van der Waals surface area contributed by atoms with E-state index in [9.17, 15) is 9.18 Å². The van der Waals surface area contributed by atoms with Crippen LogP contribution in [0.4, 0.5) is 4.39 Å². The van der Waals surface area contributed by atoms with E-state index in [4.69, 9.17) is 21.3 Å². The number of hydrogen-bond donors (Lipinski definition) is 1. The van der Waals surface area contributed by atoms with Gasteiger partial charge in [-0.1, -0.05) is 17.7 Å². The summed E-state index contributed by atoms with van der Waals surface area (Å²) in [5, 5.41) is 13.1. The first-order chi connectivity index (χ1) is 13.0. The summed E-state index contributed by atoms with van der Waals surface area (Å²) in [7, 11) is 0. The second-order valence-electron chi connectivity index (χ2n) is 5.67. The fourth-order valence-electron chi connectivity index (χ4n) is 2.41. The third kappa shape index (κ3) is 4.22. The van der Waals surface area contributed by atoms with E-state index in [2.05, 4.69) is 10.5 Å². The minimum absolute atomic E-state index is 0.131. The van der Waals surface area contributed by atoms with Crippen molar-refractivity contribution in [1.82, 2.24) is 5.43 Å². The largest absolute Gasteiger partial charge is 0.455 e. The summed E-state index contributed by atoms with van der Waals surface area (Å²) in [6.07, 6.45) is 1.31. The Balaban J connectivity index is 1.71. The molecule has 0 aliphatic carbocycles. The number of furan rings is 1. The molecular formula is C20H13ClFN3O2. The third-order valence-corrected chi connectivity index (χ3v) is 4.03. The zero-order valence-corrected chi connectivity index (χ0v) is 14.9. The molecule has 1 N–H and O–H groups in total. The molecule has 2 aromatic carbocycles. The van der Waals surface area contributed by atoms with Crippen molar-refractivity contribution < 1.29 is 13.6 Å². The molecule has 0 saturated heterocycles. The molecule has 1 heterocycles. The average molecular weight is 382 g/mol. The van der Waals surface area contributed by atoms with Crippen molar-refractivity contribution in [3.05, 3.63) is 81.8 Å². The van der Waals surface area contributed by atoms with Gasteiger partial charge < -0.3 is 4.42 Å². The number of carbonyl (C=O) groups excluding carboxylic acids is 1. The molecule has 0 saturated carbocycles. The van der Waals surface area contributed by atoms with Crippen molar-refractivity contribution in [3.8, 4) is 17.4 Å². The van der Waals surface area contributed by atoms with E-state index in [1.807, 2.05) is 13.0 Å². The maximum Gasteiger partial charge on any atom is 0.274 e. The van der Waals surface area contributed by atoms with Gasteiger partial charge in [-0.25, -0.2) is 9.82 Å². The fourth-order valence-corrected chi connectivity index (χ4v) is 2.58. The van der Waals surface area contributed by atoms with E-state index in [0.29, 0.717) is 16.5 Å². The zero-order chi connectivity index (χ0) is 19.4. The van der Waals surface area contributed by atoms with Gasteiger partial charge in [-0.05, 0) is 55.0 Å². The topological polar surface area (TPSA) is 78.4 Å². The Morgan fingerprint density at radius 2 is 2.07 bits per heavy atom. The quantitative estimate of drug-likeness (QED) is 0.526. The number of nitriles is 1. The van der Waals surface area contributed by atoms with Gasteiger partial charge in [0.2, 0.25) is 0 Å². The lowest BCUT2D eigenvalue weighted by atomic mass is 10.1. The van der Waals surface area contributed by atoms with Crippen LogP contribution < -0.4 is 5.43 Å². The van der Waals surface area contributed by atoms with Crippen molar-refractivity contribution in [2.24, 2.45) is 5.10 Å². The smallest absolute Gasteiger partial charge is 0.274 e. The lowest BCUT2D eigenvalue weighted by molar-refractivity contribution is 0.0951. The summed E-state index contributed by atoms with van der Waals surface area (Å²) in [6, 6.07) is 14.3. The van der Waals surface area contributed by atoms with Gasteiger partial charge in [-0.3, -0.25) is 4.79 Å². The minimum Gasteiger partial charge on any atom is -0.455 e. The number of hydrogen-bond acceptors (Lipinski definition) is 4. The highest BCUT2D eigenvalue weighted by Crippen LogP contribution is 2.27. The van der Waals surface area contributed by atoms with Crippen LogP contribution in [0.15, 0.2) is 58.0 Å². The second kappa shape index (κ2) is 7.85. The molecule has 0 spiro atoms. The first-order valence-corrected chi connectivity index (χ1v) is 8.25. The molecule has 0 unspecified atom stereocenters. The first kappa shape index (κ1) is 18.4. The summed E-state index contributed by atoms with van der Waals surface area (Å²) in [5.41, 5.74) is 4.00. The molecule has 5 nitrogen and oxygen atoms in total. The van der Waals surface area contributed by atoms with Crippen molar-refractivity contribution in [2.75, 3.05) is 0 Å². The zero-order valence-electron chi connectivity index (χ0n) is 14.2. The van der Waals surface area contributed by atoms with Crippen molar-refractivity contribution >= 4 is 23.7 Å². The Kier molecular flexibility index (Phi) is 5.34. The third-order valence-electron chi connectivity index (χ3n) is 3.79. The van der Waals surface area contributed by atoms with E-state index in [0.717, 1.165) is 17.2 Å². The molecule has 0 aliphatic heterocycles. The van der Waals surface area contributed by atoms with Gasteiger partial charge in [0.05, 0.1) is 23.4 Å². The minimum atomic E-state index is -0.793. The van der Waals surface area contributed by atoms with Gasteiger partial charge in [-0.2, -0.15) is 10.4 Å². The van der Waals surface area contributed by atoms with Crippen LogP contribution in [0.2, 0.25) is 5.02 Å². The van der Waals surface area contributed by atoms with Crippen LogP contribution >= 0.6 is 11.6 Å². The van der Waals surface area contributed by atoms with E-state index >= 15 is 0 Å². The highest BCUT2D eigenvalue weighted by Gasteiger charge is 2.12. The average Bonchev–Trinajstić information content (AvgIpc) is 3.12. The Morgan fingerprint density at radius 1 is 1.26 bits per heavy atom. The molecule has 3 aromatic rings. The van der Waals surface area contributed by atoms with Crippen LogP contribution in [0.5, 0.6) is 0 Å². The molecule has 0 fully saturated rings. The lowest BCUT2D eigenvalue weighted by Gasteiger charge is -2.03. The van der Waals surface area contributed by atoms with Crippen LogP contribution in [-0.2, 0) is 0 Å². The van der Waals surface area contributed by atoms with E-state index < -0.39 is 11.7 Å². The maximum absolute atomic E-state index is 13.8. The van der Waals surface area contributed by atoms with Crippen LogP contribution in [0, 0.1) is 24.1 Å². The normalized spacial score (nSPS) is 10.7. The molecule has 0 radical (unpaired) electrons. The van der Waals surface area contributed by atoms with Gasteiger partial charge in [-0.15, -0.1) is 0 Å². The van der Waals surface area contributed by atoms with Crippen LogP contribution in [0.3, 0.4) is 0 Å². The predicted octanol–water partition coefficient (Wildman–Crippen LogP) is 4.68. The fraction of sp³-hybridized carbons (Fsp3) is 0.0500. The number of nitrogens with one attached hydrogen (secondary N) is 1. The number of rotatable bonds is 4. The predicted molar refractivity (Wildman–Crippen MR) is 100 cm³/mol. The number of halogens is 2. The molecule has 7 heteroatoms. The van der Waals surface area contributed by atoms with Crippen LogP contribution in [-0.4, -0.2) is 12.1 Å². The second-order valence-corrected chi connectivity index (χ2v) is 6.10. The maximum atomic E-state index is 13.8. The number of carbonyl (C=O) groups is 1. The van der Waals surface area contributed by atoms with Gasteiger partial charge >= 0.3 is 0 Å². The number of hydrazone groups is 1. The molecule has 0 atom stereocenters. The first-order valence-electron chi connectivity index (χ1n) is 7.87. The molecule has 1 aromatic heterocycles. The van der Waals surface area contributed by atoms with Crippen molar-refractivity contribution in [1.29, 1.82) is 5.26 Å². The lowest BCUT2D eigenvalue weighted by Crippen LogP contribution is -2.19. The van der Waals surface area contributed by atoms with Crippen LogP contribution in [0.1, 0.15) is 27.2 Å². The molecular weight excluding hydrogens is 369 g/mol. The van der Waals surface area contributed by atoms with E-state index in [-0.39, 0.29) is 11.1 Å².